The summed E-state index contributed by atoms with van der Waals surface area (Å²) in [5, 5.41) is 17.1. The number of amides is 1. The van der Waals surface area contributed by atoms with Crippen LogP contribution in [0.3, 0.4) is 0 Å². The number of hydrogen-bond acceptors (Lipinski definition) is 6. The molecule has 0 bridgehead atoms. The lowest BCUT2D eigenvalue weighted by atomic mass is 10.4. The predicted molar refractivity (Wildman–Crippen MR) is 50.4 cm³/mol. The highest BCUT2D eigenvalue weighted by Gasteiger charge is 2.12. The minimum absolute atomic E-state index is 0.00727. The third kappa shape index (κ3) is 2.39. The van der Waals surface area contributed by atoms with Crippen molar-refractivity contribution in [1.29, 1.82) is 0 Å². The molecule has 0 atom stereocenters. The summed E-state index contributed by atoms with van der Waals surface area (Å²) < 4.78 is 3.61. The number of rotatable bonds is 3. The zero-order valence-electron chi connectivity index (χ0n) is 7.39. The van der Waals surface area contributed by atoms with Gasteiger partial charge in [-0.05, 0) is 18.5 Å². The molecule has 1 aromatic rings. The predicted octanol–water partition coefficient (Wildman–Crippen LogP) is -0.677. The lowest BCUT2D eigenvalue weighted by Crippen LogP contribution is -2.33. The number of nitrogens with two attached hydrogens (primary N) is 1. The molecule has 7 nitrogen and oxygen atoms in total. The molecule has 0 spiro atoms. The Morgan fingerprint density at radius 1 is 1.79 bits per heavy atom. The number of oxime groups is 1. The van der Waals surface area contributed by atoms with Crippen molar-refractivity contribution in [2.75, 3.05) is 6.54 Å². The van der Waals surface area contributed by atoms with Crippen molar-refractivity contribution in [3.05, 3.63) is 10.6 Å². The molecule has 0 aliphatic heterocycles. The van der Waals surface area contributed by atoms with Gasteiger partial charge in [-0.25, -0.2) is 0 Å². The van der Waals surface area contributed by atoms with E-state index in [1.807, 2.05) is 0 Å². The lowest BCUT2D eigenvalue weighted by molar-refractivity contribution is 0.0962. The topological polar surface area (TPSA) is 113 Å². The van der Waals surface area contributed by atoms with E-state index in [1.54, 1.807) is 6.92 Å². The van der Waals surface area contributed by atoms with Crippen molar-refractivity contribution >= 4 is 23.3 Å². The molecule has 14 heavy (non-hydrogen) atoms. The van der Waals surface area contributed by atoms with Gasteiger partial charge in [0, 0.05) is 0 Å². The minimum Gasteiger partial charge on any atom is -0.409 e. The molecule has 0 aliphatic carbocycles. The molecule has 1 rings (SSSR count). The van der Waals surface area contributed by atoms with Crippen LogP contribution in [0.15, 0.2) is 5.16 Å². The quantitative estimate of drug-likeness (QED) is 0.267. The largest absolute Gasteiger partial charge is 0.409 e. The van der Waals surface area contributed by atoms with Gasteiger partial charge in [-0.3, -0.25) is 4.79 Å². The van der Waals surface area contributed by atoms with Crippen molar-refractivity contribution in [3.63, 3.8) is 0 Å². The van der Waals surface area contributed by atoms with E-state index in [1.165, 1.54) is 0 Å². The number of nitrogens with zero attached hydrogens (tertiary/aromatic N) is 3. The zero-order valence-corrected chi connectivity index (χ0v) is 8.21. The molecule has 4 N–H and O–H groups in total. The van der Waals surface area contributed by atoms with Crippen LogP contribution in [0, 0.1) is 6.92 Å². The van der Waals surface area contributed by atoms with Crippen molar-refractivity contribution < 1.29 is 10.0 Å². The van der Waals surface area contributed by atoms with Crippen LogP contribution in [0.2, 0.25) is 0 Å². The first kappa shape index (κ1) is 10.4. The van der Waals surface area contributed by atoms with Gasteiger partial charge >= 0.3 is 0 Å². The van der Waals surface area contributed by atoms with Crippen LogP contribution in [0.1, 0.15) is 15.4 Å². The highest BCUT2D eigenvalue weighted by atomic mass is 32.1. The second-order valence-electron chi connectivity index (χ2n) is 2.46. The second-order valence-corrected chi connectivity index (χ2v) is 3.22. The van der Waals surface area contributed by atoms with Gasteiger partial charge in [-0.1, -0.05) is 9.64 Å². The van der Waals surface area contributed by atoms with Gasteiger partial charge in [0.25, 0.3) is 5.91 Å². The number of carbonyl (C=O) groups is 1. The lowest BCUT2D eigenvalue weighted by Gasteiger charge is -2.00. The maximum absolute atomic E-state index is 11.4. The van der Waals surface area contributed by atoms with Crippen molar-refractivity contribution in [2.45, 2.75) is 6.92 Å². The van der Waals surface area contributed by atoms with Crippen molar-refractivity contribution in [3.8, 4) is 0 Å². The summed E-state index contributed by atoms with van der Waals surface area (Å²) in [6, 6.07) is 0. The third-order valence-corrected chi connectivity index (χ3v) is 2.24. The maximum atomic E-state index is 11.4. The summed E-state index contributed by atoms with van der Waals surface area (Å²) >= 11 is 1.00. The summed E-state index contributed by atoms with van der Waals surface area (Å²) in [6.45, 7) is 1.68. The highest BCUT2D eigenvalue weighted by molar-refractivity contribution is 7.08. The fourth-order valence-corrected chi connectivity index (χ4v) is 1.30. The van der Waals surface area contributed by atoms with Gasteiger partial charge in [0.1, 0.15) is 4.88 Å². The Morgan fingerprint density at radius 3 is 3.00 bits per heavy atom. The van der Waals surface area contributed by atoms with Crippen LogP contribution in [-0.4, -0.2) is 33.1 Å². The van der Waals surface area contributed by atoms with Gasteiger partial charge in [0.05, 0.1) is 12.2 Å². The highest BCUT2D eigenvalue weighted by Crippen LogP contribution is 2.07. The van der Waals surface area contributed by atoms with Crippen molar-refractivity contribution in [1.82, 2.24) is 14.9 Å². The molecule has 8 heteroatoms. The standard InChI is InChI=1S/C6H9N5O2S/c1-3-5(14-11-9-3)6(12)8-2-4(7)10-13/h13H,2H2,1H3,(H2,7,10)(H,8,12). The molecule has 76 valence electrons. The molecule has 0 aromatic carbocycles. The summed E-state index contributed by atoms with van der Waals surface area (Å²) in [4.78, 5) is 11.8. The van der Waals surface area contributed by atoms with Crippen LogP contribution >= 0.6 is 11.5 Å². The number of carbonyl (C=O) groups excluding carboxylic acids is 1. The molecule has 0 saturated heterocycles. The van der Waals surface area contributed by atoms with E-state index in [0.29, 0.717) is 10.6 Å². The van der Waals surface area contributed by atoms with E-state index < -0.39 is 0 Å². The number of nitrogens with one attached hydrogen (secondary N) is 1. The number of amidine groups is 1. The normalized spacial score (nSPS) is 11.4. The first-order valence-electron chi connectivity index (χ1n) is 3.68. The van der Waals surface area contributed by atoms with Crippen LogP contribution < -0.4 is 11.1 Å². The Morgan fingerprint density at radius 2 is 2.50 bits per heavy atom. The molecule has 0 saturated carbocycles. The monoisotopic (exact) mass is 215 g/mol. The van der Waals surface area contributed by atoms with Crippen LogP contribution in [0.25, 0.3) is 0 Å². The Bertz CT molecular complexity index is 361. The van der Waals surface area contributed by atoms with Crippen LogP contribution in [0.5, 0.6) is 0 Å². The minimum atomic E-state index is -0.330. The Hall–Kier alpha value is -1.70. The first-order valence-corrected chi connectivity index (χ1v) is 4.46. The number of aromatic nitrogens is 2. The average molecular weight is 215 g/mol. The molecular formula is C6H9N5O2S. The second kappa shape index (κ2) is 4.51. The molecule has 1 aromatic heterocycles. The number of hydrogen-bond donors (Lipinski definition) is 3. The number of aryl methyl sites for hydroxylation is 1. The first-order chi connectivity index (χ1) is 6.65. The van der Waals surface area contributed by atoms with Gasteiger partial charge in [0.2, 0.25) is 0 Å². The Balaban J connectivity index is 2.56. The van der Waals surface area contributed by atoms with Gasteiger partial charge < -0.3 is 16.3 Å². The summed E-state index contributed by atoms with van der Waals surface area (Å²) in [6.07, 6.45) is 0. The summed E-state index contributed by atoms with van der Waals surface area (Å²) in [7, 11) is 0. The fourth-order valence-electron chi connectivity index (χ4n) is 0.726. The molecule has 0 radical (unpaired) electrons. The van der Waals surface area contributed by atoms with E-state index >= 15 is 0 Å². The molecule has 0 unspecified atom stereocenters. The maximum Gasteiger partial charge on any atom is 0.265 e. The van der Waals surface area contributed by atoms with E-state index in [-0.39, 0.29) is 18.3 Å². The van der Waals surface area contributed by atoms with E-state index in [4.69, 9.17) is 10.9 Å². The summed E-state index contributed by atoms with van der Waals surface area (Å²) in [5.41, 5.74) is 5.73. The molecule has 0 aliphatic rings. The fraction of sp³-hybridized carbons (Fsp3) is 0.333. The zero-order chi connectivity index (χ0) is 10.6. The van der Waals surface area contributed by atoms with E-state index in [0.717, 1.165) is 11.5 Å². The molecule has 1 heterocycles. The third-order valence-electron chi connectivity index (χ3n) is 1.42. The Labute approximate surface area is 83.8 Å². The van der Waals surface area contributed by atoms with Crippen molar-refractivity contribution in [2.24, 2.45) is 10.9 Å². The van der Waals surface area contributed by atoms with Crippen LogP contribution in [0.4, 0.5) is 0 Å². The van der Waals surface area contributed by atoms with Crippen LogP contribution in [-0.2, 0) is 0 Å². The van der Waals surface area contributed by atoms with E-state index in [9.17, 15) is 4.79 Å². The van der Waals surface area contributed by atoms with Gasteiger partial charge in [0.15, 0.2) is 5.84 Å². The smallest absolute Gasteiger partial charge is 0.265 e. The molecule has 0 fully saturated rings. The molecular weight excluding hydrogens is 206 g/mol. The van der Waals surface area contributed by atoms with E-state index in [2.05, 4.69) is 20.1 Å². The van der Waals surface area contributed by atoms with Gasteiger partial charge in [-0.2, -0.15) is 0 Å². The average Bonchev–Trinajstić information content (AvgIpc) is 2.60. The SMILES string of the molecule is Cc1nnsc1C(=O)NCC(N)=NO. The van der Waals surface area contributed by atoms with Gasteiger partial charge in [-0.15, -0.1) is 5.10 Å². The molecule has 1 amide bonds. The Kier molecular flexibility index (Phi) is 3.35. The summed E-state index contributed by atoms with van der Waals surface area (Å²) in [5.74, 6) is -0.391.